The number of carbonyl (C=O) groups is 5. The molecule has 1 saturated carbocycles. The van der Waals surface area contributed by atoms with Crippen LogP contribution in [-0.4, -0.2) is 129 Å². The molecule has 398 valence electrons. The summed E-state index contributed by atoms with van der Waals surface area (Å²) in [5, 5.41) is 20.2. The standard InChI is InChI=1S/C53H68ClFN10O7S2/c1-32-46(73-31-60-32)34-9-10-35(25-59-48(69)38-24-36(66)28-65(38)49(70)47(51(2,3)4)62-50(71)53(55)15-16-53)39(23-34)72-29-33-13-19-64(20-14-33)44(68)12-11-42(67)61-37-7-6-8-40(45(37)54)74-43-27-57-41(26-58-43)63-21-17-52(5,30-56)18-22-63/h6-10,23,26-27,31,33,36,38,47,66H,11-22,24-25,28-30,56H2,1-5H3,(H,59,69)(H,61,67)(H,62,71)/t36?,38?,47-/m1/s1. The predicted octanol–water partition coefficient (Wildman–Crippen LogP) is 6.93. The van der Waals surface area contributed by atoms with Gasteiger partial charge in [0.2, 0.25) is 23.6 Å². The molecule has 1 aliphatic carbocycles. The first kappa shape index (κ1) is 54.8. The van der Waals surface area contributed by atoms with Gasteiger partial charge in [-0.1, -0.05) is 69.3 Å². The number of alkyl halides is 1. The summed E-state index contributed by atoms with van der Waals surface area (Å²) >= 11 is 9.64. The lowest BCUT2D eigenvalue weighted by Crippen LogP contribution is -2.59. The number of piperidine rings is 2. The van der Waals surface area contributed by atoms with E-state index in [0.717, 1.165) is 47.9 Å². The summed E-state index contributed by atoms with van der Waals surface area (Å²) in [6.07, 6.45) is 6.14. The monoisotopic (exact) mass is 1070 g/mol. The van der Waals surface area contributed by atoms with Gasteiger partial charge in [-0.25, -0.2) is 19.3 Å². The molecule has 21 heteroatoms. The van der Waals surface area contributed by atoms with Gasteiger partial charge in [0.25, 0.3) is 5.91 Å². The number of aliphatic hydroxyl groups is 1. The van der Waals surface area contributed by atoms with E-state index in [1.54, 1.807) is 55.7 Å². The summed E-state index contributed by atoms with van der Waals surface area (Å²) in [6, 6.07) is 9.01. The molecule has 17 nitrogen and oxygen atoms in total. The van der Waals surface area contributed by atoms with Gasteiger partial charge in [-0.3, -0.25) is 24.0 Å². The smallest absolute Gasteiger partial charge is 0.258 e. The molecule has 8 rings (SSSR count). The third-order valence-corrected chi connectivity index (χ3v) is 17.2. The second-order valence-corrected chi connectivity index (χ2v) is 23.9. The van der Waals surface area contributed by atoms with E-state index in [4.69, 9.17) is 22.1 Å². The van der Waals surface area contributed by atoms with E-state index >= 15 is 0 Å². The molecule has 3 atom stereocenters. The molecule has 6 N–H and O–H groups in total. The summed E-state index contributed by atoms with van der Waals surface area (Å²) < 4.78 is 21.2. The van der Waals surface area contributed by atoms with Gasteiger partial charge < -0.3 is 46.2 Å². The van der Waals surface area contributed by atoms with Crippen molar-refractivity contribution >= 4 is 75.7 Å². The molecule has 3 saturated heterocycles. The summed E-state index contributed by atoms with van der Waals surface area (Å²) in [5.41, 5.74) is 8.04. The van der Waals surface area contributed by atoms with Gasteiger partial charge in [0.05, 0.1) is 51.9 Å². The Kier molecular flexibility index (Phi) is 17.2. The number of carbonyl (C=O) groups excluding carboxylic acids is 5. The predicted molar refractivity (Wildman–Crippen MR) is 284 cm³/mol. The van der Waals surface area contributed by atoms with Gasteiger partial charge in [-0.15, -0.1) is 11.3 Å². The zero-order chi connectivity index (χ0) is 53.0. The molecule has 2 aromatic heterocycles. The molecule has 4 aromatic rings. The van der Waals surface area contributed by atoms with Gasteiger partial charge in [0, 0.05) is 69.0 Å². The van der Waals surface area contributed by atoms with Crippen molar-refractivity contribution in [3.8, 4) is 16.2 Å². The summed E-state index contributed by atoms with van der Waals surface area (Å²) in [5.74, 6) is -0.805. The highest BCUT2D eigenvalue weighted by molar-refractivity contribution is 7.99. The fraction of sp³-hybridized carbons (Fsp3) is 0.547. The van der Waals surface area contributed by atoms with Crippen molar-refractivity contribution in [1.82, 2.24) is 35.4 Å². The number of benzene rings is 2. The average molecular weight is 1080 g/mol. The number of nitrogens with two attached hydrogens (primary N) is 1. The number of ether oxygens (including phenoxy) is 1. The molecule has 4 fully saturated rings. The van der Waals surface area contributed by atoms with Crippen LogP contribution in [0.3, 0.4) is 0 Å². The molecule has 5 amide bonds. The van der Waals surface area contributed by atoms with Crippen LogP contribution in [0.1, 0.15) is 96.7 Å². The first-order chi connectivity index (χ1) is 35.2. The van der Waals surface area contributed by atoms with Crippen LogP contribution < -0.4 is 31.3 Å². The van der Waals surface area contributed by atoms with E-state index in [-0.39, 0.29) is 68.3 Å². The van der Waals surface area contributed by atoms with E-state index in [1.165, 1.54) is 28.0 Å². The molecular weight excluding hydrogens is 1010 g/mol. The normalized spacial score (nSPS) is 19.9. The molecule has 2 aromatic carbocycles. The minimum atomic E-state index is -1.99. The van der Waals surface area contributed by atoms with Crippen LogP contribution in [0.15, 0.2) is 64.2 Å². The highest BCUT2D eigenvalue weighted by Crippen LogP contribution is 2.41. The van der Waals surface area contributed by atoms with Crippen molar-refractivity contribution < 1.29 is 38.2 Å². The highest BCUT2D eigenvalue weighted by atomic mass is 35.5. The number of thiazole rings is 1. The minimum Gasteiger partial charge on any atom is -0.493 e. The lowest BCUT2D eigenvalue weighted by Gasteiger charge is -2.39. The van der Waals surface area contributed by atoms with Crippen LogP contribution in [-0.2, 0) is 30.5 Å². The number of aryl methyl sites for hydroxylation is 1. The van der Waals surface area contributed by atoms with Gasteiger partial charge in [-0.05, 0) is 92.5 Å². The Balaban J connectivity index is 0.816. The van der Waals surface area contributed by atoms with Gasteiger partial charge in [0.1, 0.15) is 28.7 Å². The lowest BCUT2D eigenvalue weighted by molar-refractivity contribution is -0.145. The maximum absolute atomic E-state index is 14.7. The largest absolute Gasteiger partial charge is 0.493 e. The second-order valence-electron chi connectivity index (χ2n) is 21.6. The number of amides is 5. The SMILES string of the molecule is Cc1ncsc1-c1ccc(CNC(=O)C2CC(O)CN2C(=O)[C@@H](NC(=O)C2(F)CC2)C(C)(C)C)c(OCC2CCN(C(=O)CCC(=O)Nc3cccc(Sc4cnc(N5CCC(C)(CN)CC5)cn4)c3Cl)CC2)c1. The van der Waals surface area contributed by atoms with Crippen LogP contribution in [0, 0.1) is 23.7 Å². The summed E-state index contributed by atoms with van der Waals surface area (Å²) in [7, 11) is 0. The van der Waals surface area contributed by atoms with Gasteiger partial charge in [0.15, 0.2) is 5.67 Å². The third-order valence-electron chi connectivity index (χ3n) is 14.7. The Bertz CT molecular complexity index is 2690. The van der Waals surface area contributed by atoms with Crippen molar-refractivity contribution in [2.24, 2.45) is 22.5 Å². The average Bonchev–Trinajstić information content (AvgIpc) is 3.79. The third kappa shape index (κ3) is 13.3. The molecule has 74 heavy (non-hydrogen) atoms. The number of aromatic nitrogens is 3. The number of hydrogen-bond donors (Lipinski definition) is 5. The maximum atomic E-state index is 14.7. The first-order valence-corrected chi connectivity index (χ1v) is 27.5. The number of nitrogens with one attached hydrogen (secondary N) is 3. The summed E-state index contributed by atoms with van der Waals surface area (Å²) in [6.45, 7) is 13.2. The molecule has 2 unspecified atom stereocenters. The van der Waals surface area contributed by atoms with E-state index in [9.17, 15) is 33.5 Å². The van der Waals surface area contributed by atoms with Gasteiger partial charge >= 0.3 is 0 Å². The lowest BCUT2D eigenvalue weighted by atomic mass is 9.80. The zero-order valence-corrected chi connectivity index (χ0v) is 45.1. The Morgan fingerprint density at radius 1 is 1.01 bits per heavy atom. The Morgan fingerprint density at radius 3 is 2.41 bits per heavy atom. The van der Waals surface area contributed by atoms with E-state index < -0.39 is 47.0 Å². The number of likely N-dealkylation sites (tertiary alicyclic amines) is 2. The number of β-amino-alcohol motifs (C(OH)–C–C–N with tert-alkyl or cyclic N) is 1. The second kappa shape index (κ2) is 23.2. The molecular formula is C53H68ClFN10O7S2. The topological polar surface area (TPSA) is 225 Å². The van der Waals surface area contributed by atoms with Crippen molar-refractivity contribution in [1.29, 1.82) is 0 Å². The van der Waals surface area contributed by atoms with Gasteiger partial charge in [-0.2, -0.15) is 0 Å². The van der Waals surface area contributed by atoms with Crippen molar-refractivity contribution in [3.63, 3.8) is 0 Å². The fourth-order valence-corrected chi connectivity index (χ4v) is 11.4. The number of anilines is 2. The van der Waals surface area contributed by atoms with Crippen LogP contribution in [0.25, 0.3) is 10.4 Å². The highest BCUT2D eigenvalue weighted by Gasteiger charge is 2.53. The molecule has 0 bridgehead atoms. The van der Waals surface area contributed by atoms with Crippen LogP contribution >= 0.6 is 34.7 Å². The minimum absolute atomic E-state index is 0.00270. The van der Waals surface area contributed by atoms with Crippen LogP contribution in [0.2, 0.25) is 5.02 Å². The molecule has 0 radical (unpaired) electrons. The van der Waals surface area contributed by atoms with Crippen LogP contribution in [0.5, 0.6) is 5.75 Å². The molecule has 0 spiro atoms. The van der Waals surface area contributed by atoms with E-state index in [2.05, 4.69) is 42.7 Å². The zero-order valence-electron chi connectivity index (χ0n) is 42.8. The summed E-state index contributed by atoms with van der Waals surface area (Å²) in [4.78, 5) is 87.8. The Morgan fingerprint density at radius 2 is 1.76 bits per heavy atom. The Hall–Kier alpha value is -5.41. The van der Waals surface area contributed by atoms with E-state index in [0.29, 0.717) is 71.0 Å². The molecule has 3 aliphatic heterocycles. The number of nitrogens with zero attached hydrogens (tertiary/aromatic N) is 6. The van der Waals surface area contributed by atoms with Crippen molar-refractivity contribution in [2.75, 3.05) is 56.1 Å². The van der Waals surface area contributed by atoms with E-state index in [1.807, 2.05) is 31.2 Å². The maximum Gasteiger partial charge on any atom is 0.258 e. The molecule has 4 aliphatic rings. The first-order valence-electron chi connectivity index (χ1n) is 25.5. The number of aliphatic hydroxyl groups excluding tert-OH is 1. The Labute approximate surface area is 445 Å². The number of hydrogen-bond acceptors (Lipinski definition) is 14. The van der Waals surface area contributed by atoms with Crippen molar-refractivity contribution in [3.05, 3.63) is 70.6 Å². The molecule has 5 heterocycles. The van der Waals surface area contributed by atoms with Crippen LogP contribution in [0.4, 0.5) is 15.9 Å². The quantitative estimate of drug-likeness (QED) is 0.0683. The number of halogens is 2. The fourth-order valence-electron chi connectivity index (χ4n) is 9.52. The number of rotatable bonds is 18. The van der Waals surface area contributed by atoms with Crippen molar-refractivity contribution in [2.45, 2.75) is 133 Å².